The van der Waals surface area contributed by atoms with Gasteiger partial charge in [-0.25, -0.2) is 4.68 Å². The first-order chi connectivity index (χ1) is 12.6. The maximum atomic E-state index is 12.6. The minimum Gasteiger partial charge on any atom is -0.463 e. The van der Waals surface area contributed by atoms with Gasteiger partial charge in [-0.05, 0) is 31.9 Å². The number of hydrogen-bond acceptors (Lipinski definition) is 5. The fourth-order valence-electron chi connectivity index (χ4n) is 3.64. The number of carbonyl (C=O) groups excluding carboxylic acids is 2. The van der Waals surface area contributed by atoms with E-state index in [0.717, 1.165) is 25.7 Å². The van der Waals surface area contributed by atoms with Crippen LogP contribution in [0.3, 0.4) is 0 Å². The largest absolute Gasteiger partial charge is 0.463 e. The first-order valence-electron chi connectivity index (χ1n) is 9.10. The Hall–Kier alpha value is -2.61. The second-order valence-electron chi connectivity index (χ2n) is 7.05. The molecule has 2 amide bonds. The van der Waals surface area contributed by atoms with E-state index >= 15 is 0 Å². The van der Waals surface area contributed by atoms with Crippen molar-refractivity contribution < 1.29 is 14.0 Å². The van der Waals surface area contributed by atoms with Crippen LogP contribution in [0.15, 0.2) is 28.9 Å². The monoisotopic (exact) mass is 357 g/mol. The third kappa shape index (κ3) is 3.37. The lowest BCUT2D eigenvalue weighted by molar-refractivity contribution is -0.125. The molecule has 2 unspecified atom stereocenters. The summed E-state index contributed by atoms with van der Waals surface area (Å²) in [4.78, 5) is 24.5. The number of anilines is 1. The number of hydrogen-bond donors (Lipinski definition) is 3. The van der Waals surface area contributed by atoms with Crippen LogP contribution >= 0.6 is 0 Å². The molecule has 26 heavy (non-hydrogen) atoms. The van der Waals surface area contributed by atoms with Crippen molar-refractivity contribution in [3.8, 4) is 11.5 Å². The van der Waals surface area contributed by atoms with Crippen molar-refractivity contribution in [2.75, 3.05) is 5.32 Å². The van der Waals surface area contributed by atoms with Gasteiger partial charge in [-0.2, -0.15) is 5.10 Å². The van der Waals surface area contributed by atoms with Crippen molar-refractivity contribution in [3.63, 3.8) is 0 Å². The summed E-state index contributed by atoms with van der Waals surface area (Å²) < 4.78 is 7.04. The molecule has 0 bridgehead atoms. The molecule has 1 saturated heterocycles. The third-order valence-corrected chi connectivity index (χ3v) is 4.96. The van der Waals surface area contributed by atoms with Crippen LogP contribution in [0.25, 0.3) is 11.5 Å². The van der Waals surface area contributed by atoms with Crippen LogP contribution in [0.5, 0.6) is 0 Å². The molecular formula is C18H23N5O3. The zero-order chi connectivity index (χ0) is 18.1. The highest BCUT2D eigenvalue weighted by Crippen LogP contribution is 2.28. The highest BCUT2D eigenvalue weighted by molar-refractivity contribution is 5.92. The minimum absolute atomic E-state index is 0.00447. The quantitative estimate of drug-likeness (QED) is 0.779. The van der Waals surface area contributed by atoms with E-state index in [0.29, 0.717) is 23.7 Å². The van der Waals surface area contributed by atoms with E-state index in [1.54, 1.807) is 23.1 Å². The van der Waals surface area contributed by atoms with Gasteiger partial charge in [0.15, 0.2) is 12.0 Å². The van der Waals surface area contributed by atoms with E-state index in [-0.39, 0.29) is 23.8 Å². The Kier molecular flexibility index (Phi) is 4.50. The van der Waals surface area contributed by atoms with E-state index in [1.165, 1.54) is 0 Å². The second kappa shape index (κ2) is 6.95. The van der Waals surface area contributed by atoms with E-state index in [2.05, 4.69) is 21.0 Å². The normalized spacial score (nSPS) is 23.8. The average molecular weight is 357 g/mol. The van der Waals surface area contributed by atoms with Crippen LogP contribution in [0.2, 0.25) is 0 Å². The number of nitrogens with one attached hydrogen (secondary N) is 3. The highest BCUT2D eigenvalue weighted by atomic mass is 16.3. The third-order valence-electron chi connectivity index (χ3n) is 4.96. The van der Waals surface area contributed by atoms with Crippen molar-refractivity contribution >= 4 is 17.6 Å². The van der Waals surface area contributed by atoms with Gasteiger partial charge in [0.05, 0.1) is 6.26 Å². The van der Waals surface area contributed by atoms with Crippen molar-refractivity contribution in [3.05, 3.63) is 24.5 Å². The molecule has 1 aliphatic heterocycles. The molecule has 2 aromatic rings. The van der Waals surface area contributed by atoms with Crippen LogP contribution in [0, 0.1) is 5.92 Å². The Labute approximate surface area is 151 Å². The van der Waals surface area contributed by atoms with Crippen molar-refractivity contribution in [1.29, 1.82) is 0 Å². The maximum absolute atomic E-state index is 12.6. The summed E-state index contributed by atoms with van der Waals surface area (Å²) in [5, 5.41) is 13.7. The van der Waals surface area contributed by atoms with Crippen LogP contribution in [-0.4, -0.2) is 27.6 Å². The molecule has 2 fully saturated rings. The van der Waals surface area contributed by atoms with Gasteiger partial charge in [-0.1, -0.05) is 12.8 Å². The van der Waals surface area contributed by atoms with Gasteiger partial charge in [-0.3, -0.25) is 14.9 Å². The number of carbonyl (C=O) groups is 2. The molecule has 3 heterocycles. The average Bonchev–Trinajstić information content (AvgIpc) is 3.35. The van der Waals surface area contributed by atoms with E-state index in [9.17, 15) is 9.59 Å². The summed E-state index contributed by atoms with van der Waals surface area (Å²) in [5.74, 6) is 1.14. The molecule has 1 aliphatic carbocycles. The summed E-state index contributed by atoms with van der Waals surface area (Å²) in [7, 11) is 0. The Bertz CT molecular complexity index is 792. The Morgan fingerprint density at radius 3 is 2.88 bits per heavy atom. The first-order valence-corrected chi connectivity index (χ1v) is 9.10. The van der Waals surface area contributed by atoms with Crippen LogP contribution < -0.4 is 16.0 Å². The molecule has 2 aromatic heterocycles. The van der Waals surface area contributed by atoms with E-state index in [1.807, 2.05) is 13.0 Å². The minimum atomic E-state index is -0.520. The first kappa shape index (κ1) is 16.8. The Morgan fingerprint density at radius 1 is 1.38 bits per heavy atom. The summed E-state index contributed by atoms with van der Waals surface area (Å²) >= 11 is 0. The number of amides is 2. The fraction of sp³-hybridized carbons (Fsp3) is 0.500. The van der Waals surface area contributed by atoms with Crippen LogP contribution in [0.1, 0.15) is 45.3 Å². The Balaban J connectivity index is 1.64. The topological polar surface area (TPSA) is 101 Å². The standard InChI is InChI=1S/C18H23N5O3/c1-11-9-16(24)21-18(19-11)23-15(20-17(25)12-5-2-3-6-12)10-13(22-23)14-7-4-8-26-14/h4,7-8,10-12,18-19H,2-3,5-6,9H2,1H3,(H,20,25)(H,21,24). The van der Waals surface area contributed by atoms with E-state index in [4.69, 9.17) is 4.42 Å². The summed E-state index contributed by atoms with van der Waals surface area (Å²) in [6.07, 6.45) is 5.48. The molecule has 0 radical (unpaired) electrons. The van der Waals surface area contributed by atoms with Gasteiger partial charge in [0, 0.05) is 24.4 Å². The predicted molar refractivity (Wildman–Crippen MR) is 94.9 cm³/mol. The smallest absolute Gasteiger partial charge is 0.228 e. The molecule has 8 heteroatoms. The number of furan rings is 1. The molecule has 8 nitrogen and oxygen atoms in total. The summed E-state index contributed by atoms with van der Waals surface area (Å²) in [6, 6.07) is 5.39. The number of rotatable bonds is 4. The van der Waals surface area contributed by atoms with Gasteiger partial charge >= 0.3 is 0 Å². The second-order valence-corrected chi connectivity index (χ2v) is 7.05. The van der Waals surface area contributed by atoms with Gasteiger partial charge in [0.1, 0.15) is 11.5 Å². The lowest BCUT2D eigenvalue weighted by atomic mass is 10.1. The zero-order valence-electron chi connectivity index (χ0n) is 14.7. The van der Waals surface area contributed by atoms with Gasteiger partial charge in [0.2, 0.25) is 11.8 Å². The van der Waals surface area contributed by atoms with Crippen molar-refractivity contribution in [1.82, 2.24) is 20.4 Å². The molecule has 2 atom stereocenters. The Morgan fingerprint density at radius 2 is 2.19 bits per heavy atom. The lowest BCUT2D eigenvalue weighted by Crippen LogP contribution is -2.52. The molecule has 3 N–H and O–H groups in total. The van der Waals surface area contributed by atoms with Gasteiger partial charge in [0.25, 0.3) is 0 Å². The highest BCUT2D eigenvalue weighted by Gasteiger charge is 2.29. The predicted octanol–water partition coefficient (Wildman–Crippen LogP) is 2.23. The summed E-state index contributed by atoms with van der Waals surface area (Å²) in [5.41, 5.74) is 0.603. The lowest BCUT2D eigenvalue weighted by Gasteiger charge is -2.30. The van der Waals surface area contributed by atoms with E-state index < -0.39 is 6.29 Å². The fourth-order valence-corrected chi connectivity index (χ4v) is 3.64. The van der Waals surface area contributed by atoms with Crippen molar-refractivity contribution in [2.45, 2.75) is 51.4 Å². The molecule has 0 aromatic carbocycles. The van der Waals surface area contributed by atoms with Gasteiger partial charge in [-0.15, -0.1) is 0 Å². The van der Waals surface area contributed by atoms with Gasteiger partial charge < -0.3 is 15.1 Å². The molecule has 2 aliphatic rings. The zero-order valence-corrected chi connectivity index (χ0v) is 14.7. The maximum Gasteiger partial charge on any atom is 0.228 e. The summed E-state index contributed by atoms with van der Waals surface area (Å²) in [6.45, 7) is 1.94. The number of aromatic nitrogens is 2. The number of nitrogens with zero attached hydrogens (tertiary/aromatic N) is 2. The van der Waals surface area contributed by atoms with Crippen LogP contribution in [-0.2, 0) is 9.59 Å². The molecule has 4 rings (SSSR count). The molecule has 138 valence electrons. The molecule has 0 spiro atoms. The molecule has 1 saturated carbocycles. The van der Waals surface area contributed by atoms with Crippen LogP contribution in [0.4, 0.5) is 5.82 Å². The molecular weight excluding hydrogens is 334 g/mol. The SMILES string of the molecule is CC1CC(=O)NC(n2nc(-c3ccco3)cc2NC(=O)C2CCCC2)N1. The van der Waals surface area contributed by atoms with Crippen molar-refractivity contribution in [2.24, 2.45) is 5.92 Å².